The Hall–Kier alpha value is -2.15. The summed E-state index contributed by atoms with van der Waals surface area (Å²) >= 11 is 0. The second-order valence-corrected chi connectivity index (χ2v) is 3.67. The maximum Gasteiger partial charge on any atom is 0.328 e. The number of aromatic nitrogens is 1. The number of urea groups is 1. The van der Waals surface area contributed by atoms with E-state index in [4.69, 9.17) is 10.2 Å². The van der Waals surface area contributed by atoms with Gasteiger partial charge in [-0.1, -0.05) is 6.07 Å². The minimum Gasteiger partial charge on any atom is -0.480 e. The largest absolute Gasteiger partial charge is 0.480 e. The van der Waals surface area contributed by atoms with E-state index in [0.717, 1.165) is 5.56 Å². The predicted octanol–water partition coefficient (Wildman–Crippen LogP) is -0.365. The van der Waals surface area contributed by atoms with Crippen LogP contribution >= 0.6 is 0 Å². The molecule has 1 atom stereocenters. The number of carboxylic acids is 1. The maximum absolute atomic E-state index is 11.4. The summed E-state index contributed by atoms with van der Waals surface area (Å²) < 4.78 is 0. The van der Waals surface area contributed by atoms with Crippen LogP contribution in [-0.4, -0.2) is 39.8 Å². The van der Waals surface area contributed by atoms with Crippen molar-refractivity contribution >= 4 is 12.0 Å². The number of aliphatic hydroxyl groups excluding tert-OH is 1. The number of aryl methyl sites for hydroxylation is 1. The van der Waals surface area contributed by atoms with E-state index in [1.165, 1.54) is 0 Å². The molecule has 0 aliphatic rings. The minimum absolute atomic E-state index is 0.191. The fraction of sp³-hybridized carbons (Fsp3) is 0.364. The molecule has 7 nitrogen and oxygen atoms in total. The molecule has 2 amide bonds. The maximum atomic E-state index is 11.4. The minimum atomic E-state index is -1.31. The molecule has 1 aromatic heterocycles. The van der Waals surface area contributed by atoms with Crippen LogP contribution in [0, 0.1) is 6.92 Å². The Bertz CT molecular complexity index is 436. The van der Waals surface area contributed by atoms with Gasteiger partial charge in [0, 0.05) is 6.20 Å². The van der Waals surface area contributed by atoms with Crippen molar-refractivity contribution < 1.29 is 19.8 Å². The van der Waals surface area contributed by atoms with Crippen molar-refractivity contribution in [3.8, 4) is 0 Å². The number of hydrogen-bond acceptors (Lipinski definition) is 4. The second kappa shape index (κ2) is 6.55. The quantitative estimate of drug-likeness (QED) is 0.572. The molecule has 0 fully saturated rings. The lowest BCUT2D eigenvalue weighted by atomic mass is 10.2. The zero-order valence-corrected chi connectivity index (χ0v) is 9.88. The van der Waals surface area contributed by atoms with Crippen molar-refractivity contribution in [2.45, 2.75) is 19.5 Å². The summed E-state index contributed by atoms with van der Waals surface area (Å²) in [5.74, 6) is -1.29. The van der Waals surface area contributed by atoms with Crippen LogP contribution in [0.2, 0.25) is 0 Å². The van der Waals surface area contributed by atoms with Gasteiger partial charge in [0.05, 0.1) is 18.8 Å². The molecule has 1 heterocycles. The Kier molecular flexibility index (Phi) is 5.06. The van der Waals surface area contributed by atoms with Crippen molar-refractivity contribution in [3.05, 3.63) is 29.6 Å². The average molecular weight is 253 g/mol. The summed E-state index contributed by atoms with van der Waals surface area (Å²) in [5.41, 5.74) is 1.62. The Balaban J connectivity index is 2.47. The van der Waals surface area contributed by atoms with Gasteiger partial charge < -0.3 is 20.8 Å². The molecule has 0 spiro atoms. The zero-order chi connectivity index (χ0) is 13.5. The highest BCUT2D eigenvalue weighted by atomic mass is 16.4. The van der Waals surface area contributed by atoms with E-state index in [1.54, 1.807) is 12.3 Å². The molecule has 0 aliphatic carbocycles. The standard InChI is InChI=1S/C11H15N3O4/c1-7-3-2-4-12-8(7)5-13-11(18)14-9(6-15)10(16)17/h2-4,9,15H,5-6H2,1H3,(H,16,17)(H2,13,14,18). The summed E-state index contributed by atoms with van der Waals surface area (Å²) in [7, 11) is 0. The Morgan fingerprint density at radius 3 is 2.78 bits per heavy atom. The van der Waals surface area contributed by atoms with Crippen LogP contribution in [0.5, 0.6) is 0 Å². The summed E-state index contributed by atoms with van der Waals surface area (Å²) in [5, 5.41) is 22.0. The van der Waals surface area contributed by atoms with Crippen LogP contribution in [0.4, 0.5) is 4.79 Å². The van der Waals surface area contributed by atoms with Gasteiger partial charge >= 0.3 is 12.0 Å². The number of aliphatic hydroxyl groups is 1. The molecule has 1 unspecified atom stereocenters. The monoisotopic (exact) mass is 253 g/mol. The van der Waals surface area contributed by atoms with E-state index in [9.17, 15) is 9.59 Å². The third kappa shape index (κ3) is 4.02. The van der Waals surface area contributed by atoms with Gasteiger partial charge in [-0.05, 0) is 18.6 Å². The lowest BCUT2D eigenvalue weighted by Gasteiger charge is -2.12. The molecule has 4 N–H and O–H groups in total. The summed E-state index contributed by atoms with van der Waals surface area (Å²) in [4.78, 5) is 26.0. The Morgan fingerprint density at radius 1 is 1.50 bits per heavy atom. The van der Waals surface area contributed by atoms with Gasteiger partial charge in [-0.15, -0.1) is 0 Å². The van der Waals surface area contributed by atoms with Crippen LogP contribution in [0.25, 0.3) is 0 Å². The van der Waals surface area contributed by atoms with Gasteiger partial charge in [0.1, 0.15) is 0 Å². The van der Waals surface area contributed by atoms with Gasteiger partial charge in [-0.3, -0.25) is 4.98 Å². The third-order valence-corrected chi connectivity index (χ3v) is 2.32. The number of carbonyl (C=O) groups is 2. The van der Waals surface area contributed by atoms with Crippen LogP contribution < -0.4 is 10.6 Å². The van der Waals surface area contributed by atoms with Gasteiger partial charge in [0.15, 0.2) is 6.04 Å². The van der Waals surface area contributed by atoms with Crippen molar-refractivity contribution in [2.24, 2.45) is 0 Å². The first-order chi connectivity index (χ1) is 8.54. The molecule has 18 heavy (non-hydrogen) atoms. The third-order valence-electron chi connectivity index (χ3n) is 2.32. The number of aliphatic carboxylic acids is 1. The summed E-state index contributed by atoms with van der Waals surface area (Å²) in [6, 6.07) is 1.66. The van der Waals surface area contributed by atoms with Crippen LogP contribution in [-0.2, 0) is 11.3 Å². The number of carbonyl (C=O) groups excluding carboxylic acids is 1. The van der Waals surface area contributed by atoms with Crippen LogP contribution in [0.3, 0.4) is 0 Å². The molecule has 98 valence electrons. The molecule has 1 rings (SSSR count). The van der Waals surface area contributed by atoms with Gasteiger partial charge in [-0.25, -0.2) is 9.59 Å². The molecule has 0 bridgehead atoms. The highest BCUT2D eigenvalue weighted by Gasteiger charge is 2.18. The Morgan fingerprint density at radius 2 is 2.22 bits per heavy atom. The first-order valence-electron chi connectivity index (χ1n) is 5.33. The highest BCUT2D eigenvalue weighted by molar-refractivity contribution is 5.82. The van der Waals surface area contributed by atoms with E-state index in [0.29, 0.717) is 5.69 Å². The van der Waals surface area contributed by atoms with E-state index < -0.39 is 24.6 Å². The van der Waals surface area contributed by atoms with Crippen LogP contribution in [0.15, 0.2) is 18.3 Å². The normalized spacial score (nSPS) is 11.7. The lowest BCUT2D eigenvalue weighted by molar-refractivity contribution is -0.140. The molecule has 0 radical (unpaired) electrons. The van der Waals surface area contributed by atoms with Crippen molar-refractivity contribution in [1.29, 1.82) is 0 Å². The number of hydrogen-bond donors (Lipinski definition) is 4. The molecular formula is C11H15N3O4. The van der Waals surface area contributed by atoms with E-state index >= 15 is 0 Å². The number of nitrogens with one attached hydrogen (secondary N) is 2. The summed E-state index contributed by atoms with van der Waals surface area (Å²) in [6.07, 6.45) is 1.61. The first kappa shape index (κ1) is 13.9. The number of amides is 2. The Labute approximate surface area is 104 Å². The lowest BCUT2D eigenvalue weighted by Crippen LogP contribution is -2.47. The molecule has 0 saturated carbocycles. The molecule has 1 aromatic rings. The molecule has 7 heteroatoms. The van der Waals surface area contributed by atoms with Crippen molar-refractivity contribution in [2.75, 3.05) is 6.61 Å². The SMILES string of the molecule is Cc1cccnc1CNC(=O)NC(CO)C(=O)O. The predicted molar refractivity (Wildman–Crippen MR) is 62.9 cm³/mol. The van der Waals surface area contributed by atoms with Gasteiger partial charge in [0.2, 0.25) is 0 Å². The number of rotatable bonds is 5. The van der Waals surface area contributed by atoms with Crippen molar-refractivity contribution in [3.63, 3.8) is 0 Å². The first-order valence-corrected chi connectivity index (χ1v) is 5.33. The fourth-order valence-corrected chi connectivity index (χ4v) is 1.26. The zero-order valence-electron chi connectivity index (χ0n) is 9.88. The molecule has 0 saturated heterocycles. The van der Waals surface area contributed by atoms with Crippen LogP contribution in [0.1, 0.15) is 11.3 Å². The van der Waals surface area contributed by atoms with Gasteiger partial charge in [-0.2, -0.15) is 0 Å². The van der Waals surface area contributed by atoms with E-state index in [-0.39, 0.29) is 6.54 Å². The number of carboxylic acid groups (broad SMARTS) is 1. The van der Waals surface area contributed by atoms with Gasteiger partial charge in [0.25, 0.3) is 0 Å². The van der Waals surface area contributed by atoms with E-state index in [1.807, 2.05) is 13.0 Å². The number of pyridine rings is 1. The van der Waals surface area contributed by atoms with Crippen molar-refractivity contribution in [1.82, 2.24) is 15.6 Å². The second-order valence-electron chi connectivity index (χ2n) is 3.67. The smallest absolute Gasteiger partial charge is 0.328 e. The highest BCUT2D eigenvalue weighted by Crippen LogP contribution is 2.01. The topological polar surface area (TPSA) is 112 Å². The number of nitrogens with zero attached hydrogens (tertiary/aromatic N) is 1. The molecule has 0 aromatic carbocycles. The molecule has 0 aliphatic heterocycles. The fourth-order valence-electron chi connectivity index (χ4n) is 1.26. The summed E-state index contributed by atoms with van der Waals surface area (Å²) in [6.45, 7) is 1.39. The molecular weight excluding hydrogens is 238 g/mol. The van der Waals surface area contributed by atoms with E-state index in [2.05, 4.69) is 15.6 Å². The average Bonchev–Trinajstić information content (AvgIpc) is 2.34.